The lowest BCUT2D eigenvalue weighted by molar-refractivity contribution is 0.340. The Balaban J connectivity index is 2.96. The maximum atomic E-state index is 10.2. The number of hydrogen-bond acceptors (Lipinski definition) is 4. The van der Waals surface area contributed by atoms with Crippen LogP contribution in [0.15, 0.2) is 23.4 Å². The Kier molecular flexibility index (Phi) is 2.63. The zero-order chi connectivity index (χ0) is 8.97. The number of rotatable bonds is 3. The standard InChI is InChI=1S/C8H10N2O2/c1-2-12-6-3-4-7(9)8(5-6)10-11/h3-5H,2,9H2,1H3. The van der Waals surface area contributed by atoms with Crippen molar-refractivity contribution in [3.63, 3.8) is 0 Å². The molecule has 4 nitrogen and oxygen atoms in total. The molecule has 4 heteroatoms. The van der Waals surface area contributed by atoms with Crippen LogP contribution in [0.2, 0.25) is 0 Å². The normalized spacial score (nSPS) is 9.42. The van der Waals surface area contributed by atoms with Crippen LogP contribution >= 0.6 is 0 Å². The number of benzene rings is 1. The van der Waals surface area contributed by atoms with Crippen molar-refractivity contribution in [2.75, 3.05) is 12.3 Å². The van der Waals surface area contributed by atoms with E-state index in [2.05, 4.69) is 5.18 Å². The van der Waals surface area contributed by atoms with Gasteiger partial charge in [-0.15, -0.1) is 4.91 Å². The molecule has 0 heterocycles. The van der Waals surface area contributed by atoms with Crippen molar-refractivity contribution < 1.29 is 4.74 Å². The molecule has 1 aromatic rings. The molecule has 64 valence electrons. The molecule has 1 rings (SSSR count). The Morgan fingerprint density at radius 1 is 1.58 bits per heavy atom. The largest absolute Gasteiger partial charge is 0.494 e. The van der Waals surface area contributed by atoms with Gasteiger partial charge in [0.25, 0.3) is 0 Å². The minimum Gasteiger partial charge on any atom is -0.494 e. The quantitative estimate of drug-likeness (QED) is 0.552. The average Bonchev–Trinajstić information content (AvgIpc) is 2.09. The highest BCUT2D eigenvalue weighted by Crippen LogP contribution is 2.26. The molecule has 0 bridgehead atoms. The van der Waals surface area contributed by atoms with Gasteiger partial charge in [-0.1, -0.05) is 0 Å². The van der Waals surface area contributed by atoms with Gasteiger partial charge in [-0.2, -0.15) is 0 Å². The molecule has 0 saturated carbocycles. The molecule has 0 aromatic heterocycles. The van der Waals surface area contributed by atoms with Crippen LogP contribution in [0.1, 0.15) is 6.92 Å². The van der Waals surface area contributed by atoms with Gasteiger partial charge in [0.15, 0.2) is 0 Å². The van der Waals surface area contributed by atoms with E-state index in [1.165, 1.54) is 6.07 Å². The predicted molar refractivity (Wildman–Crippen MR) is 47.5 cm³/mol. The molecule has 0 aliphatic carbocycles. The van der Waals surface area contributed by atoms with E-state index in [0.29, 0.717) is 18.0 Å². The first-order chi connectivity index (χ1) is 5.77. The average molecular weight is 166 g/mol. The zero-order valence-electron chi connectivity index (χ0n) is 6.78. The Hall–Kier alpha value is -1.58. The third-order valence-corrected chi connectivity index (χ3v) is 1.41. The third kappa shape index (κ3) is 1.72. The molecule has 0 aliphatic rings. The molecule has 12 heavy (non-hydrogen) atoms. The van der Waals surface area contributed by atoms with Crippen molar-refractivity contribution in [1.82, 2.24) is 0 Å². The molecule has 0 saturated heterocycles. The first-order valence-corrected chi connectivity index (χ1v) is 3.63. The molecule has 0 radical (unpaired) electrons. The third-order valence-electron chi connectivity index (χ3n) is 1.41. The Morgan fingerprint density at radius 3 is 2.92 bits per heavy atom. The van der Waals surface area contributed by atoms with Gasteiger partial charge in [-0.25, -0.2) is 0 Å². The summed E-state index contributed by atoms with van der Waals surface area (Å²) in [7, 11) is 0. The van der Waals surface area contributed by atoms with Crippen LogP contribution in [0.25, 0.3) is 0 Å². The van der Waals surface area contributed by atoms with Gasteiger partial charge in [-0.3, -0.25) is 0 Å². The van der Waals surface area contributed by atoms with E-state index in [4.69, 9.17) is 10.5 Å². The lowest BCUT2D eigenvalue weighted by atomic mass is 10.2. The topological polar surface area (TPSA) is 64.7 Å². The molecular formula is C8H10N2O2. The highest BCUT2D eigenvalue weighted by Gasteiger charge is 2.00. The fourth-order valence-corrected chi connectivity index (χ4v) is 0.859. The Bertz CT molecular complexity index is 286. The molecule has 0 aliphatic heterocycles. The number of nitroso groups, excluding NO2 is 1. The summed E-state index contributed by atoms with van der Waals surface area (Å²) < 4.78 is 5.15. The van der Waals surface area contributed by atoms with Gasteiger partial charge in [0.2, 0.25) is 0 Å². The first kappa shape index (κ1) is 8.52. The monoisotopic (exact) mass is 166 g/mol. The summed E-state index contributed by atoms with van der Waals surface area (Å²) in [5.41, 5.74) is 6.04. The molecule has 0 fully saturated rings. The van der Waals surface area contributed by atoms with Crippen molar-refractivity contribution >= 4 is 11.4 Å². The van der Waals surface area contributed by atoms with Gasteiger partial charge in [0.05, 0.1) is 12.3 Å². The summed E-state index contributed by atoms with van der Waals surface area (Å²) in [5.74, 6) is 0.612. The number of ether oxygens (including phenoxy) is 1. The van der Waals surface area contributed by atoms with E-state index in [1.54, 1.807) is 12.1 Å². The van der Waals surface area contributed by atoms with Crippen LogP contribution in [0.5, 0.6) is 5.75 Å². The van der Waals surface area contributed by atoms with E-state index in [9.17, 15) is 4.91 Å². The second-order valence-electron chi connectivity index (χ2n) is 2.24. The van der Waals surface area contributed by atoms with Crippen molar-refractivity contribution in [3.05, 3.63) is 23.1 Å². The minimum atomic E-state index is 0.223. The SMILES string of the molecule is CCOc1ccc(N)c(N=O)c1. The van der Waals surface area contributed by atoms with Crippen molar-refractivity contribution in [1.29, 1.82) is 0 Å². The minimum absolute atomic E-state index is 0.223. The summed E-state index contributed by atoms with van der Waals surface area (Å²) in [4.78, 5) is 10.2. The lowest BCUT2D eigenvalue weighted by Crippen LogP contribution is -1.92. The van der Waals surface area contributed by atoms with Crippen molar-refractivity contribution in [2.24, 2.45) is 5.18 Å². The van der Waals surface area contributed by atoms with Crippen LogP contribution in [0, 0.1) is 4.91 Å². The van der Waals surface area contributed by atoms with Gasteiger partial charge in [0, 0.05) is 6.07 Å². The van der Waals surface area contributed by atoms with Crippen molar-refractivity contribution in [2.45, 2.75) is 6.92 Å². The summed E-state index contributed by atoms with van der Waals surface area (Å²) in [5, 5.41) is 2.76. The van der Waals surface area contributed by atoms with Crippen LogP contribution in [-0.2, 0) is 0 Å². The first-order valence-electron chi connectivity index (χ1n) is 3.63. The molecule has 0 amide bonds. The number of nitrogens with two attached hydrogens (primary N) is 1. The highest BCUT2D eigenvalue weighted by molar-refractivity contribution is 5.64. The van der Waals surface area contributed by atoms with Gasteiger partial charge >= 0.3 is 0 Å². The maximum Gasteiger partial charge on any atom is 0.134 e. The molecule has 0 unspecified atom stereocenters. The van der Waals surface area contributed by atoms with Gasteiger partial charge in [0.1, 0.15) is 11.4 Å². The number of nitrogen functional groups attached to an aromatic ring is 1. The zero-order valence-corrected chi connectivity index (χ0v) is 6.78. The van der Waals surface area contributed by atoms with E-state index >= 15 is 0 Å². The fourth-order valence-electron chi connectivity index (χ4n) is 0.859. The van der Waals surface area contributed by atoms with Crippen molar-refractivity contribution in [3.8, 4) is 5.75 Å². The van der Waals surface area contributed by atoms with E-state index < -0.39 is 0 Å². The molecule has 2 N–H and O–H groups in total. The van der Waals surface area contributed by atoms with Crippen LogP contribution in [0.3, 0.4) is 0 Å². The molecule has 1 aromatic carbocycles. The van der Waals surface area contributed by atoms with Crippen LogP contribution in [-0.4, -0.2) is 6.61 Å². The Labute approximate surface area is 70.3 Å². The number of anilines is 1. The van der Waals surface area contributed by atoms with E-state index in [0.717, 1.165) is 0 Å². The summed E-state index contributed by atoms with van der Waals surface area (Å²) in [6.07, 6.45) is 0. The van der Waals surface area contributed by atoms with Crippen LogP contribution < -0.4 is 10.5 Å². The van der Waals surface area contributed by atoms with Crippen LogP contribution in [0.4, 0.5) is 11.4 Å². The second-order valence-corrected chi connectivity index (χ2v) is 2.24. The molecule has 0 atom stereocenters. The highest BCUT2D eigenvalue weighted by atomic mass is 16.5. The maximum absolute atomic E-state index is 10.2. The second kappa shape index (κ2) is 3.71. The van der Waals surface area contributed by atoms with E-state index in [1.807, 2.05) is 6.92 Å². The number of nitrogens with zero attached hydrogens (tertiary/aromatic N) is 1. The van der Waals surface area contributed by atoms with Gasteiger partial charge in [-0.05, 0) is 24.2 Å². The smallest absolute Gasteiger partial charge is 0.134 e. The lowest BCUT2D eigenvalue weighted by Gasteiger charge is -2.03. The number of hydrogen-bond donors (Lipinski definition) is 1. The van der Waals surface area contributed by atoms with E-state index in [-0.39, 0.29) is 5.69 Å². The fraction of sp³-hybridized carbons (Fsp3) is 0.250. The summed E-state index contributed by atoms with van der Waals surface area (Å²) in [6, 6.07) is 4.82. The summed E-state index contributed by atoms with van der Waals surface area (Å²) in [6.45, 7) is 2.42. The Morgan fingerprint density at radius 2 is 2.33 bits per heavy atom. The molecular weight excluding hydrogens is 156 g/mol. The molecule has 0 spiro atoms. The summed E-state index contributed by atoms with van der Waals surface area (Å²) >= 11 is 0. The van der Waals surface area contributed by atoms with Gasteiger partial charge < -0.3 is 10.5 Å². The predicted octanol–water partition coefficient (Wildman–Crippen LogP) is 2.07.